The number of aromatic nitrogens is 1. The first-order chi connectivity index (χ1) is 11.0. The van der Waals surface area contributed by atoms with E-state index in [1.807, 2.05) is 22.1 Å². The van der Waals surface area contributed by atoms with Gasteiger partial charge in [0.25, 0.3) is 0 Å². The maximum atomic E-state index is 12.6. The van der Waals surface area contributed by atoms with Crippen LogP contribution in [0.5, 0.6) is 0 Å². The summed E-state index contributed by atoms with van der Waals surface area (Å²) in [6.07, 6.45) is 0.840. The van der Waals surface area contributed by atoms with Crippen molar-refractivity contribution in [1.29, 1.82) is 0 Å². The number of likely N-dealkylation sites (tertiary alicyclic amines) is 2. The molecule has 3 heterocycles. The first-order valence-corrected chi connectivity index (χ1v) is 9.06. The van der Waals surface area contributed by atoms with E-state index >= 15 is 0 Å². The molecule has 3 aliphatic rings. The summed E-state index contributed by atoms with van der Waals surface area (Å²) in [6.45, 7) is 4.49. The molecule has 0 spiro atoms. The number of carbonyl (C=O) groups excluding carboxylic acids is 2. The van der Waals surface area contributed by atoms with Crippen molar-refractivity contribution >= 4 is 23.2 Å². The second-order valence-corrected chi connectivity index (χ2v) is 8.07. The molecule has 1 saturated carbocycles. The molecule has 0 radical (unpaired) electrons. The summed E-state index contributed by atoms with van der Waals surface area (Å²) in [5.41, 5.74) is 0.956. The summed E-state index contributed by atoms with van der Waals surface area (Å²) in [4.78, 5) is 33.1. The zero-order valence-electron chi connectivity index (χ0n) is 13.1. The molecule has 2 amide bonds. The molecule has 0 bridgehead atoms. The molecule has 2 saturated heterocycles. The highest BCUT2D eigenvalue weighted by Gasteiger charge is 2.49. The lowest BCUT2D eigenvalue weighted by Gasteiger charge is -2.33. The molecule has 3 fully saturated rings. The van der Waals surface area contributed by atoms with Gasteiger partial charge in [-0.3, -0.25) is 9.59 Å². The van der Waals surface area contributed by atoms with Gasteiger partial charge in [0.2, 0.25) is 11.8 Å². The number of carbonyl (C=O) groups is 2. The average molecular weight is 335 g/mol. The van der Waals surface area contributed by atoms with Gasteiger partial charge < -0.3 is 14.9 Å². The van der Waals surface area contributed by atoms with Crippen LogP contribution in [0.3, 0.4) is 0 Å². The van der Waals surface area contributed by atoms with Crippen molar-refractivity contribution in [3.63, 3.8) is 0 Å². The predicted octanol–water partition coefficient (Wildman–Crippen LogP) is 0.639. The molecule has 1 N–H and O–H groups in total. The molecular formula is C16H21N3O3S. The summed E-state index contributed by atoms with van der Waals surface area (Å²) >= 11 is 1.60. The number of amides is 2. The second-order valence-electron chi connectivity index (χ2n) is 7.01. The fourth-order valence-corrected chi connectivity index (χ4v) is 4.59. The van der Waals surface area contributed by atoms with Gasteiger partial charge >= 0.3 is 0 Å². The number of thiazole rings is 1. The molecule has 1 aromatic heterocycles. The number of aliphatic hydroxyl groups is 1. The molecule has 23 heavy (non-hydrogen) atoms. The van der Waals surface area contributed by atoms with Crippen LogP contribution in [0.4, 0.5) is 0 Å². The van der Waals surface area contributed by atoms with Crippen LogP contribution in [0.15, 0.2) is 5.38 Å². The topological polar surface area (TPSA) is 73.7 Å². The van der Waals surface area contributed by atoms with E-state index in [1.165, 1.54) is 0 Å². The first kappa shape index (κ1) is 15.1. The van der Waals surface area contributed by atoms with Crippen molar-refractivity contribution in [2.75, 3.05) is 19.6 Å². The largest absolute Gasteiger partial charge is 0.393 e. The minimum atomic E-state index is -0.315. The van der Waals surface area contributed by atoms with Crippen molar-refractivity contribution in [2.45, 2.75) is 32.4 Å². The van der Waals surface area contributed by atoms with Crippen molar-refractivity contribution in [2.24, 2.45) is 17.8 Å². The highest BCUT2D eigenvalue weighted by atomic mass is 32.1. The van der Waals surface area contributed by atoms with E-state index in [4.69, 9.17) is 0 Å². The summed E-state index contributed by atoms with van der Waals surface area (Å²) in [5.74, 6) is 0.441. The van der Waals surface area contributed by atoms with Gasteiger partial charge in [-0.15, -0.1) is 11.3 Å². The van der Waals surface area contributed by atoms with Gasteiger partial charge in [0.05, 0.1) is 29.3 Å². The average Bonchev–Trinajstić information content (AvgIpc) is 3.14. The van der Waals surface area contributed by atoms with E-state index in [-0.39, 0.29) is 35.7 Å². The van der Waals surface area contributed by atoms with Gasteiger partial charge in [-0.05, 0) is 19.8 Å². The molecule has 1 aromatic rings. The maximum absolute atomic E-state index is 12.6. The summed E-state index contributed by atoms with van der Waals surface area (Å²) in [5, 5.41) is 12.4. The lowest BCUT2D eigenvalue weighted by molar-refractivity contribution is -0.142. The van der Waals surface area contributed by atoms with Crippen LogP contribution in [0.2, 0.25) is 0 Å². The zero-order chi connectivity index (χ0) is 16.1. The molecular weight excluding hydrogens is 314 g/mol. The smallest absolute Gasteiger partial charge is 0.228 e. The van der Waals surface area contributed by atoms with E-state index in [0.717, 1.165) is 17.2 Å². The van der Waals surface area contributed by atoms with Crippen molar-refractivity contribution in [3.8, 4) is 0 Å². The van der Waals surface area contributed by atoms with E-state index in [2.05, 4.69) is 4.98 Å². The van der Waals surface area contributed by atoms with Crippen LogP contribution < -0.4 is 0 Å². The lowest BCUT2D eigenvalue weighted by atomic mass is 9.81. The first-order valence-electron chi connectivity index (χ1n) is 8.18. The van der Waals surface area contributed by atoms with Crippen LogP contribution in [-0.4, -0.2) is 57.4 Å². The Balaban J connectivity index is 1.36. The summed E-state index contributed by atoms with van der Waals surface area (Å²) in [7, 11) is 0. The summed E-state index contributed by atoms with van der Waals surface area (Å²) in [6, 6.07) is 0. The van der Waals surface area contributed by atoms with Gasteiger partial charge in [-0.2, -0.15) is 0 Å². The van der Waals surface area contributed by atoms with Crippen LogP contribution >= 0.6 is 11.3 Å². The third-order valence-corrected chi connectivity index (χ3v) is 6.14. The molecule has 6 nitrogen and oxygen atoms in total. The molecule has 124 valence electrons. The molecule has 4 rings (SSSR count). The highest BCUT2D eigenvalue weighted by molar-refractivity contribution is 7.09. The van der Waals surface area contributed by atoms with Crippen molar-refractivity contribution < 1.29 is 14.7 Å². The Kier molecular flexibility index (Phi) is 3.65. The van der Waals surface area contributed by atoms with Crippen LogP contribution in [0, 0.1) is 24.7 Å². The third kappa shape index (κ3) is 2.65. The van der Waals surface area contributed by atoms with E-state index in [0.29, 0.717) is 32.5 Å². The van der Waals surface area contributed by atoms with E-state index in [1.54, 1.807) is 11.3 Å². The minimum Gasteiger partial charge on any atom is -0.393 e. The van der Waals surface area contributed by atoms with Gasteiger partial charge in [0.15, 0.2) is 0 Å². The molecule has 2 aliphatic heterocycles. The standard InChI is InChI=1S/C16H21N3O3S/c1-9-17-12(8-23-9)6-18-4-11-5-19(7-14(11)16(18)22)15(21)10-2-13(20)3-10/h8,10-11,13-14,20H,2-7H2,1H3/t10?,11-,13?,14+/m1/s1. The minimum absolute atomic E-state index is 0.0342. The predicted molar refractivity (Wildman–Crippen MR) is 84.6 cm³/mol. The van der Waals surface area contributed by atoms with Gasteiger partial charge in [-0.25, -0.2) is 4.98 Å². The maximum Gasteiger partial charge on any atom is 0.228 e. The number of hydrogen-bond donors (Lipinski definition) is 1. The number of aliphatic hydroxyl groups excluding tert-OH is 1. The summed E-state index contributed by atoms with van der Waals surface area (Å²) < 4.78 is 0. The van der Waals surface area contributed by atoms with Crippen molar-refractivity contribution in [1.82, 2.24) is 14.8 Å². The molecule has 7 heteroatoms. The molecule has 1 aliphatic carbocycles. The molecule has 0 unspecified atom stereocenters. The third-order valence-electron chi connectivity index (χ3n) is 5.32. The van der Waals surface area contributed by atoms with Gasteiger partial charge in [0, 0.05) is 36.9 Å². The van der Waals surface area contributed by atoms with Gasteiger partial charge in [-0.1, -0.05) is 0 Å². The van der Waals surface area contributed by atoms with Crippen LogP contribution in [0.1, 0.15) is 23.5 Å². The van der Waals surface area contributed by atoms with E-state index < -0.39 is 0 Å². The van der Waals surface area contributed by atoms with Crippen LogP contribution in [-0.2, 0) is 16.1 Å². The van der Waals surface area contributed by atoms with Crippen LogP contribution in [0.25, 0.3) is 0 Å². The number of fused-ring (bicyclic) bond motifs is 1. The Labute approximate surface area is 139 Å². The van der Waals surface area contributed by atoms with E-state index in [9.17, 15) is 14.7 Å². The highest BCUT2D eigenvalue weighted by Crippen LogP contribution is 2.36. The SMILES string of the molecule is Cc1nc(CN2C[C@@H]3CN(C(=O)C4CC(O)C4)C[C@@H]3C2=O)cs1. The quantitative estimate of drug-likeness (QED) is 0.880. The lowest BCUT2D eigenvalue weighted by Crippen LogP contribution is -2.44. The molecule has 2 atom stereocenters. The number of aryl methyl sites for hydroxylation is 1. The Hall–Kier alpha value is -1.47. The normalized spacial score (nSPS) is 33.0. The Morgan fingerprint density at radius 3 is 2.78 bits per heavy atom. The Morgan fingerprint density at radius 2 is 2.17 bits per heavy atom. The fourth-order valence-electron chi connectivity index (χ4n) is 3.99. The zero-order valence-corrected chi connectivity index (χ0v) is 14.0. The number of rotatable bonds is 3. The monoisotopic (exact) mass is 335 g/mol. The van der Waals surface area contributed by atoms with Gasteiger partial charge in [0.1, 0.15) is 0 Å². The number of nitrogens with zero attached hydrogens (tertiary/aromatic N) is 3. The molecule has 0 aromatic carbocycles. The van der Waals surface area contributed by atoms with Crippen molar-refractivity contribution in [3.05, 3.63) is 16.1 Å². The Bertz CT molecular complexity index is 640. The number of hydrogen-bond acceptors (Lipinski definition) is 5. The fraction of sp³-hybridized carbons (Fsp3) is 0.688. The Morgan fingerprint density at radius 1 is 1.39 bits per heavy atom. The second kappa shape index (κ2) is 5.56.